The molecular weight excluding hydrogens is 371 g/mol. The zero-order chi connectivity index (χ0) is 18.6. The Morgan fingerprint density at radius 2 is 1.84 bits per heavy atom. The molecule has 1 amide bonds. The van der Waals surface area contributed by atoms with E-state index < -0.39 is 27.8 Å². The van der Waals surface area contributed by atoms with Gasteiger partial charge in [0.1, 0.15) is 11.6 Å². The number of carbonyl (C=O) groups is 1. The maximum absolute atomic E-state index is 12.9. The second kappa shape index (κ2) is 7.81. The van der Waals surface area contributed by atoms with Gasteiger partial charge in [0, 0.05) is 5.69 Å². The third-order valence-electron chi connectivity index (χ3n) is 3.27. The van der Waals surface area contributed by atoms with Gasteiger partial charge in [-0.15, -0.1) is 0 Å². The normalized spacial score (nSPS) is 12.5. The first-order chi connectivity index (χ1) is 11.7. The van der Waals surface area contributed by atoms with Crippen LogP contribution in [-0.2, 0) is 14.8 Å². The molecule has 9 heteroatoms. The van der Waals surface area contributed by atoms with Gasteiger partial charge in [-0.2, -0.15) is 4.72 Å². The summed E-state index contributed by atoms with van der Waals surface area (Å²) in [5, 5.41) is 2.86. The molecule has 0 saturated heterocycles. The zero-order valence-corrected chi connectivity index (χ0v) is 15.0. The van der Waals surface area contributed by atoms with Crippen LogP contribution in [0, 0.1) is 5.82 Å². The summed E-state index contributed by atoms with van der Waals surface area (Å²) in [6.07, 6.45) is 0. The summed E-state index contributed by atoms with van der Waals surface area (Å²) < 4.78 is 44.5. The first-order valence-electron chi connectivity index (χ1n) is 7.15. The van der Waals surface area contributed by atoms with Crippen molar-refractivity contribution < 1.29 is 22.3 Å². The van der Waals surface area contributed by atoms with Gasteiger partial charge in [-0.3, -0.25) is 4.79 Å². The largest absolute Gasteiger partial charge is 0.495 e. The number of sulfonamides is 1. The Kier molecular flexibility index (Phi) is 5.99. The topological polar surface area (TPSA) is 84.5 Å². The summed E-state index contributed by atoms with van der Waals surface area (Å²) in [5.74, 6) is -0.683. The first kappa shape index (κ1) is 19.2. The molecule has 0 aromatic heterocycles. The van der Waals surface area contributed by atoms with Gasteiger partial charge in [0.05, 0.1) is 23.1 Å². The Morgan fingerprint density at radius 3 is 2.40 bits per heavy atom. The number of rotatable bonds is 6. The summed E-state index contributed by atoms with van der Waals surface area (Å²) in [6.45, 7) is 1.39. The highest BCUT2D eigenvalue weighted by Crippen LogP contribution is 2.27. The lowest BCUT2D eigenvalue weighted by Crippen LogP contribution is -2.41. The molecule has 6 nitrogen and oxygen atoms in total. The molecular formula is C16H16ClFN2O4S. The SMILES string of the molecule is COc1ccc(NC(=O)C(C)NS(=O)(=O)c2ccc(F)cc2)cc1Cl. The molecule has 2 N–H and O–H groups in total. The minimum atomic E-state index is -3.96. The standard InChI is InChI=1S/C16H16ClFN2O4S/c1-10(20-25(22,23)13-6-3-11(18)4-7-13)16(21)19-12-5-8-15(24-2)14(17)9-12/h3-10,20H,1-2H3,(H,19,21). The highest BCUT2D eigenvalue weighted by molar-refractivity contribution is 7.89. The van der Waals surface area contributed by atoms with Crippen LogP contribution in [0.5, 0.6) is 5.75 Å². The van der Waals surface area contributed by atoms with Crippen molar-refractivity contribution in [3.8, 4) is 5.75 Å². The molecule has 1 atom stereocenters. The van der Waals surface area contributed by atoms with Gasteiger partial charge >= 0.3 is 0 Å². The Morgan fingerprint density at radius 1 is 1.20 bits per heavy atom. The molecule has 2 aromatic carbocycles. The fourth-order valence-electron chi connectivity index (χ4n) is 1.96. The second-order valence-corrected chi connectivity index (χ2v) is 7.26. The van der Waals surface area contributed by atoms with Gasteiger partial charge in [-0.05, 0) is 49.4 Å². The van der Waals surface area contributed by atoms with Crippen LogP contribution in [0.4, 0.5) is 10.1 Å². The van der Waals surface area contributed by atoms with Crippen molar-refractivity contribution in [2.24, 2.45) is 0 Å². The molecule has 0 aliphatic carbocycles. The number of hydrogen-bond acceptors (Lipinski definition) is 4. The van der Waals surface area contributed by atoms with Crippen molar-refractivity contribution >= 4 is 33.2 Å². The van der Waals surface area contributed by atoms with Gasteiger partial charge in [0.25, 0.3) is 0 Å². The van der Waals surface area contributed by atoms with Crippen molar-refractivity contribution in [2.75, 3.05) is 12.4 Å². The number of methoxy groups -OCH3 is 1. The Balaban J connectivity index is 2.07. The van der Waals surface area contributed by atoms with Gasteiger partial charge < -0.3 is 10.1 Å². The number of halogens is 2. The molecule has 0 bridgehead atoms. The van der Waals surface area contributed by atoms with Crippen LogP contribution >= 0.6 is 11.6 Å². The third-order valence-corrected chi connectivity index (χ3v) is 5.12. The number of anilines is 1. The third kappa shape index (κ3) is 4.91. The average molecular weight is 387 g/mol. The van der Waals surface area contributed by atoms with Crippen LogP contribution in [0.15, 0.2) is 47.4 Å². The van der Waals surface area contributed by atoms with E-state index in [1.165, 1.54) is 20.1 Å². The van der Waals surface area contributed by atoms with Crippen molar-refractivity contribution in [2.45, 2.75) is 17.9 Å². The molecule has 0 heterocycles. The fraction of sp³-hybridized carbons (Fsp3) is 0.188. The molecule has 2 aromatic rings. The Labute approximate surface area is 150 Å². The van der Waals surface area contributed by atoms with Crippen molar-refractivity contribution in [1.82, 2.24) is 4.72 Å². The van der Waals surface area contributed by atoms with Gasteiger partial charge in [0.2, 0.25) is 15.9 Å². The van der Waals surface area contributed by atoms with Crippen LogP contribution in [0.3, 0.4) is 0 Å². The number of benzene rings is 2. The second-order valence-electron chi connectivity index (χ2n) is 5.14. The van der Waals surface area contributed by atoms with Crippen LogP contribution < -0.4 is 14.8 Å². The van der Waals surface area contributed by atoms with Crippen LogP contribution in [0.1, 0.15) is 6.92 Å². The van der Waals surface area contributed by atoms with Crippen LogP contribution in [0.2, 0.25) is 5.02 Å². The van der Waals surface area contributed by atoms with E-state index in [9.17, 15) is 17.6 Å². The minimum absolute atomic E-state index is 0.138. The predicted octanol–water partition coefficient (Wildman–Crippen LogP) is 2.79. The maximum atomic E-state index is 12.9. The maximum Gasteiger partial charge on any atom is 0.242 e. The number of hydrogen-bond donors (Lipinski definition) is 2. The highest BCUT2D eigenvalue weighted by atomic mass is 35.5. The average Bonchev–Trinajstić information content (AvgIpc) is 2.55. The molecule has 0 spiro atoms. The molecule has 0 aliphatic heterocycles. The Bertz CT molecular complexity index is 872. The lowest BCUT2D eigenvalue weighted by atomic mass is 10.2. The molecule has 0 fully saturated rings. The van der Waals surface area contributed by atoms with E-state index in [0.717, 1.165) is 24.3 Å². The number of amides is 1. The van der Waals surface area contributed by atoms with Crippen LogP contribution in [-0.4, -0.2) is 27.5 Å². The van der Waals surface area contributed by atoms with E-state index >= 15 is 0 Å². The summed E-state index contributed by atoms with van der Waals surface area (Å²) in [4.78, 5) is 12.0. The monoisotopic (exact) mass is 386 g/mol. The highest BCUT2D eigenvalue weighted by Gasteiger charge is 2.22. The van der Waals surface area contributed by atoms with E-state index in [1.54, 1.807) is 12.1 Å². The molecule has 1 unspecified atom stereocenters. The lowest BCUT2D eigenvalue weighted by molar-refractivity contribution is -0.117. The molecule has 134 valence electrons. The zero-order valence-electron chi connectivity index (χ0n) is 13.4. The summed E-state index contributed by atoms with van der Waals surface area (Å²) in [7, 11) is -2.49. The number of carbonyl (C=O) groups excluding carboxylic acids is 1. The summed E-state index contributed by atoms with van der Waals surface area (Å²) in [5.41, 5.74) is 0.392. The fourth-order valence-corrected chi connectivity index (χ4v) is 3.42. The quantitative estimate of drug-likeness (QED) is 0.799. The first-order valence-corrected chi connectivity index (χ1v) is 9.01. The van der Waals surface area contributed by atoms with E-state index in [2.05, 4.69) is 10.0 Å². The van der Waals surface area contributed by atoms with Crippen LogP contribution in [0.25, 0.3) is 0 Å². The molecule has 2 rings (SSSR count). The van der Waals surface area contributed by atoms with E-state index in [0.29, 0.717) is 16.5 Å². The van der Waals surface area contributed by atoms with Gasteiger partial charge in [-0.1, -0.05) is 11.6 Å². The van der Waals surface area contributed by atoms with Gasteiger partial charge in [0.15, 0.2) is 0 Å². The van der Waals surface area contributed by atoms with E-state index in [-0.39, 0.29) is 4.90 Å². The van der Waals surface area contributed by atoms with Crippen molar-refractivity contribution in [3.05, 3.63) is 53.3 Å². The molecule has 0 saturated carbocycles. The molecule has 25 heavy (non-hydrogen) atoms. The Hall–Kier alpha value is -2.16. The smallest absolute Gasteiger partial charge is 0.242 e. The molecule has 0 aliphatic rings. The summed E-state index contributed by atoms with van der Waals surface area (Å²) >= 11 is 5.97. The minimum Gasteiger partial charge on any atom is -0.495 e. The number of nitrogens with one attached hydrogen (secondary N) is 2. The summed E-state index contributed by atoms with van der Waals surface area (Å²) in [6, 6.07) is 7.86. The van der Waals surface area contributed by atoms with Crippen molar-refractivity contribution in [1.29, 1.82) is 0 Å². The van der Waals surface area contributed by atoms with E-state index in [4.69, 9.17) is 16.3 Å². The number of ether oxygens (including phenoxy) is 1. The van der Waals surface area contributed by atoms with Gasteiger partial charge in [-0.25, -0.2) is 12.8 Å². The lowest BCUT2D eigenvalue weighted by Gasteiger charge is -2.15. The predicted molar refractivity (Wildman–Crippen MR) is 92.8 cm³/mol. The van der Waals surface area contributed by atoms with Crippen molar-refractivity contribution in [3.63, 3.8) is 0 Å². The van der Waals surface area contributed by atoms with E-state index in [1.807, 2.05) is 0 Å². The molecule has 0 radical (unpaired) electrons.